The van der Waals surface area contributed by atoms with Gasteiger partial charge >= 0.3 is 0 Å². The number of halogens is 1. The van der Waals surface area contributed by atoms with E-state index >= 15 is 0 Å². The molecule has 0 bridgehead atoms. The molecule has 1 saturated carbocycles. The maximum absolute atomic E-state index is 14.1. The molecule has 36 heavy (non-hydrogen) atoms. The van der Waals surface area contributed by atoms with Crippen LogP contribution >= 0.6 is 0 Å². The Morgan fingerprint density at radius 2 is 1.50 bits per heavy atom. The van der Waals surface area contributed by atoms with E-state index in [1.165, 1.54) is 12.1 Å². The Morgan fingerprint density at radius 1 is 0.833 bits per heavy atom. The summed E-state index contributed by atoms with van der Waals surface area (Å²) in [6.07, 6.45) is 2.88. The lowest BCUT2D eigenvalue weighted by Crippen LogP contribution is -2.49. The van der Waals surface area contributed by atoms with Crippen molar-refractivity contribution in [1.29, 1.82) is 0 Å². The molecule has 2 aromatic rings. The highest BCUT2D eigenvalue weighted by molar-refractivity contribution is 6.02. The Kier molecular flexibility index (Phi) is 7.18. The molecule has 0 atom stereocenters. The van der Waals surface area contributed by atoms with Gasteiger partial charge in [0.2, 0.25) is 5.91 Å². The smallest absolute Gasteiger partial charge is 0.256 e. The van der Waals surface area contributed by atoms with Crippen molar-refractivity contribution in [3.63, 3.8) is 0 Å². The van der Waals surface area contributed by atoms with Crippen LogP contribution in [0.2, 0.25) is 0 Å². The van der Waals surface area contributed by atoms with Gasteiger partial charge in [-0.2, -0.15) is 0 Å². The molecule has 1 aliphatic carbocycles. The lowest BCUT2D eigenvalue weighted by atomic mass is 9.85. The fraction of sp³-hybridized carbons (Fsp3) is 0.444. The highest BCUT2D eigenvalue weighted by atomic mass is 19.1. The van der Waals surface area contributed by atoms with Crippen LogP contribution in [0.15, 0.2) is 42.5 Å². The summed E-state index contributed by atoms with van der Waals surface area (Å²) in [5.74, 6) is -0.908. The summed E-state index contributed by atoms with van der Waals surface area (Å²) in [5.41, 5.74) is 1.98. The van der Waals surface area contributed by atoms with Crippen LogP contribution in [0.1, 0.15) is 40.0 Å². The predicted octanol–water partition coefficient (Wildman–Crippen LogP) is 3.00. The van der Waals surface area contributed by atoms with E-state index in [0.29, 0.717) is 63.7 Å². The minimum absolute atomic E-state index is 0.000887. The summed E-state index contributed by atoms with van der Waals surface area (Å²) in [6.45, 7) is 3.88. The van der Waals surface area contributed by atoms with Gasteiger partial charge in [-0.3, -0.25) is 14.4 Å². The Morgan fingerprint density at radius 3 is 2.17 bits per heavy atom. The zero-order valence-electron chi connectivity index (χ0n) is 20.2. The van der Waals surface area contributed by atoms with Gasteiger partial charge in [0.05, 0.1) is 24.3 Å². The first kappa shape index (κ1) is 24.2. The molecule has 9 heteroatoms. The summed E-state index contributed by atoms with van der Waals surface area (Å²) in [5, 5.41) is 2.98. The molecule has 0 unspecified atom stereocenters. The molecular weight excluding hydrogens is 463 g/mol. The number of amides is 3. The van der Waals surface area contributed by atoms with E-state index in [0.717, 1.165) is 24.9 Å². The first-order valence-corrected chi connectivity index (χ1v) is 12.6. The Balaban J connectivity index is 1.34. The zero-order chi connectivity index (χ0) is 25.1. The standard InChI is InChI=1S/C27H31FN4O4/c28-23-7-2-1-6-21(23)26(34)31-12-10-30(11-13-31)24-9-8-20(29-25(33)19-4-3-5-19)18-22(24)27(35)32-14-16-36-17-15-32/h1-2,6-9,18-19H,3-5,10-17H2,(H,29,33). The third-order valence-electron chi connectivity index (χ3n) is 7.28. The highest BCUT2D eigenvalue weighted by Crippen LogP contribution is 2.30. The lowest BCUT2D eigenvalue weighted by molar-refractivity contribution is -0.122. The first-order valence-electron chi connectivity index (χ1n) is 12.6. The molecule has 3 aliphatic rings. The molecule has 3 fully saturated rings. The number of hydrogen-bond donors (Lipinski definition) is 1. The normalized spacial score (nSPS) is 18.5. The lowest BCUT2D eigenvalue weighted by Gasteiger charge is -2.37. The van der Waals surface area contributed by atoms with Crippen LogP contribution in [0.5, 0.6) is 0 Å². The van der Waals surface area contributed by atoms with Crippen LogP contribution < -0.4 is 10.2 Å². The predicted molar refractivity (Wildman–Crippen MR) is 134 cm³/mol. The third kappa shape index (κ3) is 5.06. The minimum atomic E-state index is -0.525. The van der Waals surface area contributed by atoms with Crippen molar-refractivity contribution in [2.24, 2.45) is 5.92 Å². The summed E-state index contributed by atoms with van der Waals surface area (Å²) >= 11 is 0. The summed E-state index contributed by atoms with van der Waals surface area (Å²) in [7, 11) is 0. The van der Waals surface area contributed by atoms with E-state index in [4.69, 9.17) is 4.74 Å². The monoisotopic (exact) mass is 494 g/mol. The molecule has 2 aromatic carbocycles. The number of rotatable bonds is 5. The summed E-state index contributed by atoms with van der Waals surface area (Å²) in [6, 6.07) is 11.5. The maximum atomic E-state index is 14.1. The van der Waals surface area contributed by atoms with E-state index in [-0.39, 0.29) is 29.2 Å². The van der Waals surface area contributed by atoms with Crippen molar-refractivity contribution in [2.45, 2.75) is 19.3 Å². The van der Waals surface area contributed by atoms with Gasteiger partial charge in [0.25, 0.3) is 11.8 Å². The Bertz CT molecular complexity index is 1140. The number of piperazine rings is 1. The van der Waals surface area contributed by atoms with E-state index in [9.17, 15) is 18.8 Å². The minimum Gasteiger partial charge on any atom is -0.378 e. The van der Waals surface area contributed by atoms with Crippen LogP contribution in [-0.4, -0.2) is 80.0 Å². The van der Waals surface area contributed by atoms with Gasteiger partial charge in [0.1, 0.15) is 5.82 Å². The molecule has 2 heterocycles. The summed E-state index contributed by atoms with van der Waals surface area (Å²) in [4.78, 5) is 44.4. The number of nitrogens with zero attached hydrogens (tertiary/aromatic N) is 3. The van der Waals surface area contributed by atoms with E-state index in [2.05, 4.69) is 10.2 Å². The maximum Gasteiger partial charge on any atom is 0.256 e. The SMILES string of the molecule is O=C(Nc1ccc(N2CCN(C(=O)c3ccccc3F)CC2)c(C(=O)N2CCOCC2)c1)C1CCC1. The summed E-state index contributed by atoms with van der Waals surface area (Å²) < 4.78 is 19.5. The molecule has 3 amide bonds. The number of anilines is 2. The fourth-order valence-electron chi connectivity index (χ4n) is 4.87. The number of hydrogen-bond acceptors (Lipinski definition) is 5. The van der Waals surface area contributed by atoms with E-state index in [1.54, 1.807) is 28.0 Å². The van der Waals surface area contributed by atoms with Crippen LogP contribution in [0.3, 0.4) is 0 Å². The van der Waals surface area contributed by atoms with Crippen molar-refractivity contribution < 1.29 is 23.5 Å². The van der Waals surface area contributed by atoms with Gasteiger partial charge in [-0.05, 0) is 43.2 Å². The molecule has 2 saturated heterocycles. The van der Waals surface area contributed by atoms with Gasteiger partial charge < -0.3 is 24.8 Å². The molecule has 1 N–H and O–H groups in total. The zero-order valence-corrected chi connectivity index (χ0v) is 20.2. The third-order valence-corrected chi connectivity index (χ3v) is 7.28. The number of ether oxygens (including phenoxy) is 1. The second-order valence-corrected chi connectivity index (χ2v) is 9.51. The molecule has 8 nitrogen and oxygen atoms in total. The van der Waals surface area contributed by atoms with Crippen molar-refractivity contribution in [2.75, 3.05) is 62.7 Å². The average molecular weight is 495 g/mol. The molecule has 190 valence electrons. The van der Waals surface area contributed by atoms with Gasteiger partial charge in [-0.25, -0.2) is 4.39 Å². The van der Waals surface area contributed by atoms with Gasteiger partial charge in [0.15, 0.2) is 0 Å². The van der Waals surface area contributed by atoms with Gasteiger partial charge in [-0.1, -0.05) is 18.6 Å². The first-order chi connectivity index (χ1) is 17.5. The van der Waals surface area contributed by atoms with Crippen LogP contribution in [-0.2, 0) is 9.53 Å². The fourth-order valence-corrected chi connectivity index (χ4v) is 4.87. The van der Waals surface area contributed by atoms with Gasteiger partial charge in [-0.15, -0.1) is 0 Å². The van der Waals surface area contributed by atoms with Crippen molar-refractivity contribution >= 4 is 29.1 Å². The molecule has 0 spiro atoms. The van der Waals surface area contributed by atoms with E-state index < -0.39 is 5.82 Å². The van der Waals surface area contributed by atoms with Crippen LogP contribution in [0.25, 0.3) is 0 Å². The van der Waals surface area contributed by atoms with Crippen molar-refractivity contribution in [3.05, 3.63) is 59.4 Å². The molecule has 5 rings (SSSR count). The van der Waals surface area contributed by atoms with E-state index in [1.807, 2.05) is 12.1 Å². The Labute approximate surface area is 210 Å². The number of morpholine rings is 1. The second kappa shape index (κ2) is 10.7. The van der Waals surface area contributed by atoms with Crippen molar-refractivity contribution in [1.82, 2.24) is 9.80 Å². The van der Waals surface area contributed by atoms with Crippen molar-refractivity contribution in [3.8, 4) is 0 Å². The number of carbonyl (C=O) groups excluding carboxylic acids is 3. The molecular formula is C27H31FN4O4. The average Bonchev–Trinajstić information content (AvgIpc) is 2.88. The second-order valence-electron chi connectivity index (χ2n) is 9.51. The molecule has 0 aromatic heterocycles. The van der Waals surface area contributed by atoms with Crippen LogP contribution in [0.4, 0.5) is 15.8 Å². The largest absolute Gasteiger partial charge is 0.378 e. The van der Waals surface area contributed by atoms with Gasteiger partial charge in [0, 0.05) is 56.6 Å². The molecule has 0 radical (unpaired) electrons. The molecule has 2 aliphatic heterocycles. The topological polar surface area (TPSA) is 82.2 Å². The quantitative estimate of drug-likeness (QED) is 0.691. The number of nitrogens with one attached hydrogen (secondary N) is 1. The Hall–Kier alpha value is -3.46. The number of carbonyl (C=O) groups is 3. The highest BCUT2D eigenvalue weighted by Gasteiger charge is 2.29. The van der Waals surface area contributed by atoms with Crippen LogP contribution in [0, 0.1) is 11.7 Å². The number of benzene rings is 2.